The molecule has 0 fully saturated rings. The molecule has 7 heteroatoms. The zero-order chi connectivity index (χ0) is 14.2. The third kappa shape index (κ3) is 2.05. The normalized spacial score (nSPS) is 17.7. The van der Waals surface area contributed by atoms with E-state index in [1.54, 1.807) is 0 Å². The second kappa shape index (κ2) is 5.01. The van der Waals surface area contributed by atoms with Gasteiger partial charge in [-0.25, -0.2) is 0 Å². The van der Waals surface area contributed by atoms with E-state index in [2.05, 4.69) is 41.8 Å². The van der Waals surface area contributed by atoms with Gasteiger partial charge < -0.3 is 9.88 Å². The van der Waals surface area contributed by atoms with Crippen LogP contribution < -0.4 is 5.32 Å². The van der Waals surface area contributed by atoms with Crippen LogP contribution in [0, 0.1) is 6.92 Å². The standard InChI is InChI=1S/C14H14N6S/c1-9-12(21-19-16-9)14-18-17-13-11(15-7-8-20(13)14)10-5-3-2-4-6-10/h2-6,11,15H,7-8H2,1H3. The van der Waals surface area contributed by atoms with Crippen LogP contribution in [0.3, 0.4) is 0 Å². The van der Waals surface area contributed by atoms with Crippen LogP contribution in [0.25, 0.3) is 10.7 Å². The maximum atomic E-state index is 4.41. The molecular formula is C14H14N6S. The Morgan fingerprint density at radius 3 is 2.81 bits per heavy atom. The molecule has 2 aromatic heterocycles. The van der Waals surface area contributed by atoms with E-state index in [1.165, 1.54) is 17.1 Å². The molecule has 0 spiro atoms. The molecule has 0 aliphatic carbocycles. The molecule has 4 rings (SSSR count). The first kappa shape index (κ1) is 12.6. The number of nitrogens with zero attached hydrogens (tertiary/aromatic N) is 5. The lowest BCUT2D eigenvalue weighted by atomic mass is 10.0. The van der Waals surface area contributed by atoms with Gasteiger partial charge in [-0.15, -0.1) is 15.3 Å². The summed E-state index contributed by atoms with van der Waals surface area (Å²) in [7, 11) is 0. The zero-order valence-corrected chi connectivity index (χ0v) is 12.3. The minimum atomic E-state index is 0.0855. The van der Waals surface area contributed by atoms with Gasteiger partial charge in [0.2, 0.25) is 0 Å². The van der Waals surface area contributed by atoms with Crippen molar-refractivity contribution in [3.8, 4) is 10.7 Å². The van der Waals surface area contributed by atoms with E-state index in [4.69, 9.17) is 0 Å². The van der Waals surface area contributed by atoms with Gasteiger partial charge in [-0.05, 0) is 24.0 Å². The number of hydrogen-bond donors (Lipinski definition) is 1. The Morgan fingerprint density at radius 1 is 1.19 bits per heavy atom. The van der Waals surface area contributed by atoms with E-state index >= 15 is 0 Å². The molecule has 1 aliphatic heterocycles. The Balaban J connectivity index is 1.81. The first-order chi connectivity index (χ1) is 10.3. The second-order valence-corrected chi connectivity index (χ2v) is 5.77. The van der Waals surface area contributed by atoms with Crippen molar-refractivity contribution >= 4 is 11.5 Å². The van der Waals surface area contributed by atoms with Gasteiger partial charge in [0.25, 0.3) is 0 Å². The van der Waals surface area contributed by atoms with Gasteiger partial charge in [-0.3, -0.25) is 0 Å². The lowest BCUT2D eigenvalue weighted by Crippen LogP contribution is -2.34. The van der Waals surface area contributed by atoms with Crippen molar-refractivity contribution < 1.29 is 0 Å². The summed E-state index contributed by atoms with van der Waals surface area (Å²) < 4.78 is 6.18. The summed E-state index contributed by atoms with van der Waals surface area (Å²) in [5.41, 5.74) is 2.11. The van der Waals surface area contributed by atoms with E-state index in [9.17, 15) is 0 Å². The molecule has 21 heavy (non-hydrogen) atoms. The molecule has 1 atom stereocenters. The Kier molecular flexibility index (Phi) is 3.01. The van der Waals surface area contributed by atoms with Crippen molar-refractivity contribution in [2.75, 3.05) is 6.54 Å². The van der Waals surface area contributed by atoms with Crippen LogP contribution in [0.4, 0.5) is 0 Å². The molecule has 0 radical (unpaired) electrons. The summed E-state index contributed by atoms with van der Waals surface area (Å²) in [5.74, 6) is 1.83. The van der Waals surface area contributed by atoms with Gasteiger partial charge in [0.1, 0.15) is 4.88 Å². The van der Waals surface area contributed by atoms with Gasteiger partial charge in [0.05, 0.1) is 11.7 Å². The summed E-state index contributed by atoms with van der Waals surface area (Å²) >= 11 is 1.37. The predicted octanol–water partition coefficient (Wildman–Crippen LogP) is 1.80. The number of aryl methyl sites for hydroxylation is 1. The maximum Gasteiger partial charge on any atom is 0.177 e. The number of aromatic nitrogens is 5. The summed E-state index contributed by atoms with van der Waals surface area (Å²) in [6.45, 7) is 3.71. The maximum absolute atomic E-state index is 4.41. The summed E-state index contributed by atoms with van der Waals surface area (Å²) in [4.78, 5) is 1.00. The smallest absolute Gasteiger partial charge is 0.177 e. The van der Waals surface area contributed by atoms with E-state index < -0.39 is 0 Å². The van der Waals surface area contributed by atoms with Gasteiger partial charge in [0, 0.05) is 13.1 Å². The highest BCUT2D eigenvalue weighted by Gasteiger charge is 2.27. The average Bonchev–Trinajstić information content (AvgIpc) is 3.13. The number of benzene rings is 1. The molecule has 1 N–H and O–H groups in total. The average molecular weight is 298 g/mol. The minimum Gasteiger partial charge on any atom is -0.307 e. The quantitative estimate of drug-likeness (QED) is 0.781. The van der Waals surface area contributed by atoms with Gasteiger partial charge in [-0.1, -0.05) is 34.8 Å². The van der Waals surface area contributed by atoms with Crippen molar-refractivity contribution in [2.45, 2.75) is 19.5 Å². The van der Waals surface area contributed by atoms with Gasteiger partial charge >= 0.3 is 0 Å². The fourth-order valence-corrected chi connectivity index (χ4v) is 3.33. The summed E-state index contributed by atoms with van der Waals surface area (Å²) in [6, 6.07) is 10.4. The molecule has 0 bridgehead atoms. The Hall–Kier alpha value is -2.12. The van der Waals surface area contributed by atoms with Crippen LogP contribution in [0.15, 0.2) is 30.3 Å². The first-order valence-electron chi connectivity index (χ1n) is 6.85. The van der Waals surface area contributed by atoms with Crippen LogP contribution in [0.2, 0.25) is 0 Å². The molecule has 3 heterocycles. The largest absolute Gasteiger partial charge is 0.307 e. The molecule has 0 saturated heterocycles. The van der Waals surface area contributed by atoms with Gasteiger partial charge in [-0.2, -0.15) is 0 Å². The molecule has 106 valence electrons. The third-order valence-corrected chi connectivity index (χ3v) is 4.53. The first-order valence-corrected chi connectivity index (χ1v) is 7.62. The number of hydrogen-bond acceptors (Lipinski definition) is 6. The molecule has 0 amide bonds. The third-order valence-electron chi connectivity index (χ3n) is 3.71. The fraction of sp³-hybridized carbons (Fsp3) is 0.286. The number of nitrogens with one attached hydrogen (secondary N) is 1. The minimum absolute atomic E-state index is 0.0855. The van der Waals surface area contributed by atoms with Crippen molar-refractivity contribution in [3.05, 3.63) is 47.4 Å². The molecule has 1 aliphatic rings. The fourth-order valence-electron chi connectivity index (χ4n) is 2.68. The van der Waals surface area contributed by atoms with Gasteiger partial charge in [0.15, 0.2) is 11.6 Å². The lowest BCUT2D eigenvalue weighted by molar-refractivity contribution is 0.458. The van der Waals surface area contributed by atoms with E-state index in [-0.39, 0.29) is 6.04 Å². The van der Waals surface area contributed by atoms with Crippen LogP contribution >= 0.6 is 11.5 Å². The van der Waals surface area contributed by atoms with E-state index in [0.29, 0.717) is 0 Å². The van der Waals surface area contributed by atoms with E-state index in [1.807, 2.05) is 25.1 Å². The lowest BCUT2D eigenvalue weighted by Gasteiger charge is -2.25. The highest BCUT2D eigenvalue weighted by Crippen LogP contribution is 2.30. The number of rotatable bonds is 2. The van der Waals surface area contributed by atoms with Crippen molar-refractivity contribution in [2.24, 2.45) is 0 Å². The van der Waals surface area contributed by atoms with Crippen LogP contribution in [0.1, 0.15) is 23.1 Å². The highest BCUT2D eigenvalue weighted by atomic mass is 32.1. The Bertz CT molecular complexity index is 763. The van der Waals surface area contributed by atoms with Crippen LogP contribution in [0.5, 0.6) is 0 Å². The molecule has 3 aromatic rings. The highest BCUT2D eigenvalue weighted by molar-refractivity contribution is 7.09. The topological polar surface area (TPSA) is 68.5 Å². The molecule has 0 saturated carbocycles. The molecule has 6 nitrogen and oxygen atoms in total. The molecule has 1 aromatic carbocycles. The second-order valence-electron chi connectivity index (χ2n) is 5.02. The SMILES string of the molecule is Cc1nnsc1-c1nnc2n1CCNC2c1ccccc1. The predicted molar refractivity (Wildman–Crippen MR) is 79.9 cm³/mol. The van der Waals surface area contributed by atoms with Crippen LogP contribution in [-0.4, -0.2) is 30.9 Å². The van der Waals surface area contributed by atoms with Crippen molar-refractivity contribution in [3.63, 3.8) is 0 Å². The van der Waals surface area contributed by atoms with Crippen LogP contribution in [-0.2, 0) is 6.54 Å². The summed E-state index contributed by atoms with van der Waals surface area (Å²) in [6.07, 6.45) is 0. The molecule has 1 unspecified atom stereocenters. The Morgan fingerprint density at radius 2 is 2.05 bits per heavy atom. The molecular weight excluding hydrogens is 284 g/mol. The summed E-state index contributed by atoms with van der Waals surface area (Å²) in [5, 5.41) is 16.4. The number of fused-ring (bicyclic) bond motifs is 1. The zero-order valence-electron chi connectivity index (χ0n) is 11.5. The van der Waals surface area contributed by atoms with Crippen molar-refractivity contribution in [1.29, 1.82) is 0 Å². The monoisotopic (exact) mass is 298 g/mol. The van der Waals surface area contributed by atoms with E-state index in [0.717, 1.165) is 35.3 Å². The Labute approximate surface area is 126 Å². The van der Waals surface area contributed by atoms with Crippen molar-refractivity contribution in [1.82, 2.24) is 29.7 Å².